The van der Waals surface area contributed by atoms with E-state index < -0.39 is 29.2 Å². The molecule has 19 heavy (non-hydrogen) atoms. The van der Waals surface area contributed by atoms with Crippen molar-refractivity contribution >= 4 is 23.6 Å². The summed E-state index contributed by atoms with van der Waals surface area (Å²) in [6.45, 7) is 5.27. The molecule has 4 nitrogen and oxygen atoms in total. The molecule has 0 aliphatic carbocycles. The Labute approximate surface area is 116 Å². The average Bonchev–Trinajstić information content (AvgIpc) is 2.21. The van der Waals surface area contributed by atoms with Crippen LogP contribution in [0.15, 0.2) is 0 Å². The molecule has 0 atom stereocenters. The highest BCUT2D eigenvalue weighted by Gasteiger charge is 2.37. The minimum absolute atomic E-state index is 0.0298. The van der Waals surface area contributed by atoms with Gasteiger partial charge in [-0.3, -0.25) is 9.59 Å². The molecule has 0 radical (unpaired) electrons. The number of alkyl halides is 2. The van der Waals surface area contributed by atoms with E-state index in [-0.39, 0.29) is 19.4 Å². The molecule has 0 fully saturated rings. The third-order valence-electron chi connectivity index (χ3n) is 1.92. The molecule has 1 amide bonds. The van der Waals surface area contributed by atoms with Gasteiger partial charge in [0.15, 0.2) is 0 Å². The molecule has 112 valence electrons. The first-order valence-electron chi connectivity index (χ1n) is 5.95. The van der Waals surface area contributed by atoms with Gasteiger partial charge >= 0.3 is 11.9 Å². The number of nitrogens with one attached hydrogen (secondary N) is 1. The Bertz CT molecular complexity index is 317. The molecule has 0 aromatic rings. The van der Waals surface area contributed by atoms with Gasteiger partial charge in [-0.25, -0.2) is 0 Å². The zero-order valence-corrected chi connectivity index (χ0v) is 12.5. The number of halogens is 2. The van der Waals surface area contributed by atoms with E-state index in [4.69, 9.17) is 4.74 Å². The minimum atomic E-state index is -3.37. The average molecular weight is 297 g/mol. The van der Waals surface area contributed by atoms with Crippen molar-refractivity contribution in [2.45, 2.75) is 45.1 Å². The van der Waals surface area contributed by atoms with Crippen LogP contribution in [0.1, 0.15) is 33.6 Å². The molecule has 0 saturated carbocycles. The highest BCUT2D eigenvalue weighted by atomic mass is 32.2. The molecule has 0 rings (SSSR count). The summed E-state index contributed by atoms with van der Waals surface area (Å²) >= 11 is 0.902. The summed E-state index contributed by atoms with van der Waals surface area (Å²) in [5, 5.41) is 2.12. The van der Waals surface area contributed by atoms with Crippen LogP contribution in [0, 0.1) is 0 Å². The van der Waals surface area contributed by atoms with Gasteiger partial charge in [0.25, 0.3) is 5.91 Å². The number of ether oxygens (including phenoxy) is 1. The van der Waals surface area contributed by atoms with E-state index in [1.807, 2.05) is 0 Å². The highest BCUT2D eigenvalue weighted by Crippen LogP contribution is 2.18. The Morgan fingerprint density at radius 1 is 1.26 bits per heavy atom. The number of hydrogen-bond acceptors (Lipinski definition) is 4. The Morgan fingerprint density at radius 2 is 1.84 bits per heavy atom. The number of hydrogen-bond donors (Lipinski definition) is 1. The third-order valence-corrected chi connectivity index (χ3v) is 2.57. The molecule has 0 spiro atoms. The van der Waals surface area contributed by atoms with Crippen molar-refractivity contribution in [3.05, 3.63) is 0 Å². The van der Waals surface area contributed by atoms with Gasteiger partial charge in [0, 0.05) is 13.0 Å². The monoisotopic (exact) mass is 297 g/mol. The van der Waals surface area contributed by atoms with Crippen LogP contribution in [0.5, 0.6) is 0 Å². The predicted molar refractivity (Wildman–Crippen MR) is 71.4 cm³/mol. The first-order chi connectivity index (χ1) is 8.58. The zero-order chi connectivity index (χ0) is 15.1. The summed E-state index contributed by atoms with van der Waals surface area (Å²) in [5.41, 5.74) is -0.564. The molecule has 0 heterocycles. The van der Waals surface area contributed by atoms with E-state index in [1.54, 1.807) is 20.8 Å². The van der Waals surface area contributed by atoms with Crippen LogP contribution < -0.4 is 5.32 Å². The summed E-state index contributed by atoms with van der Waals surface area (Å²) < 4.78 is 31.3. The maximum Gasteiger partial charge on any atom is 0.333 e. The van der Waals surface area contributed by atoms with E-state index in [0.29, 0.717) is 0 Å². The quantitative estimate of drug-likeness (QED) is 0.578. The predicted octanol–water partition coefficient (Wildman–Crippen LogP) is 2.22. The van der Waals surface area contributed by atoms with E-state index in [2.05, 4.69) is 5.32 Å². The standard InChI is InChI=1S/C12H21F2NO3S/c1-11(2,3)18-9(16)6-5-7-15-10(17)12(13,14)8-19-4/h5-8H2,1-4H3,(H,15,17). The van der Waals surface area contributed by atoms with Gasteiger partial charge in [-0.2, -0.15) is 20.5 Å². The second-order valence-corrected chi connectivity index (χ2v) is 5.95. The van der Waals surface area contributed by atoms with Crippen molar-refractivity contribution in [2.75, 3.05) is 18.6 Å². The number of rotatable bonds is 7. The summed E-state index contributed by atoms with van der Waals surface area (Å²) in [7, 11) is 0. The zero-order valence-electron chi connectivity index (χ0n) is 11.7. The lowest BCUT2D eigenvalue weighted by Crippen LogP contribution is -2.42. The van der Waals surface area contributed by atoms with Crippen molar-refractivity contribution in [1.82, 2.24) is 5.32 Å². The van der Waals surface area contributed by atoms with Crippen LogP contribution in [0.25, 0.3) is 0 Å². The molecule has 0 aromatic heterocycles. The molecular formula is C12H21F2NO3S. The van der Waals surface area contributed by atoms with Gasteiger partial charge in [-0.15, -0.1) is 0 Å². The SMILES string of the molecule is CSCC(F)(F)C(=O)NCCCC(=O)OC(C)(C)C. The van der Waals surface area contributed by atoms with Crippen molar-refractivity contribution in [3.63, 3.8) is 0 Å². The maximum atomic E-state index is 13.1. The lowest BCUT2D eigenvalue weighted by molar-refractivity contribution is -0.155. The van der Waals surface area contributed by atoms with E-state index >= 15 is 0 Å². The second kappa shape index (κ2) is 7.67. The Hall–Kier alpha value is -0.850. The highest BCUT2D eigenvalue weighted by molar-refractivity contribution is 7.98. The second-order valence-electron chi connectivity index (χ2n) is 5.08. The van der Waals surface area contributed by atoms with Crippen molar-refractivity contribution in [3.8, 4) is 0 Å². The summed E-state index contributed by atoms with van der Waals surface area (Å²) in [6.07, 6.45) is 1.87. The van der Waals surface area contributed by atoms with Crippen LogP contribution in [0.2, 0.25) is 0 Å². The van der Waals surface area contributed by atoms with Crippen LogP contribution in [-0.2, 0) is 14.3 Å². The van der Waals surface area contributed by atoms with E-state index in [0.717, 1.165) is 11.8 Å². The fraction of sp³-hybridized carbons (Fsp3) is 0.833. The van der Waals surface area contributed by atoms with Gasteiger partial charge in [0.1, 0.15) is 5.60 Å². The lowest BCUT2D eigenvalue weighted by atomic mass is 10.2. The molecule has 0 aromatic carbocycles. The molecule has 7 heteroatoms. The number of thioether (sulfide) groups is 1. The maximum absolute atomic E-state index is 13.1. The van der Waals surface area contributed by atoms with Gasteiger partial charge in [0.2, 0.25) is 0 Å². The van der Waals surface area contributed by atoms with Crippen molar-refractivity contribution < 1.29 is 23.1 Å². The molecule has 0 unspecified atom stereocenters. The number of amides is 1. The topological polar surface area (TPSA) is 55.4 Å². The van der Waals surface area contributed by atoms with Crippen LogP contribution in [0.3, 0.4) is 0 Å². The van der Waals surface area contributed by atoms with Gasteiger partial charge in [0.05, 0.1) is 5.75 Å². The fourth-order valence-corrected chi connectivity index (χ4v) is 1.70. The van der Waals surface area contributed by atoms with Crippen LogP contribution in [-0.4, -0.2) is 42.0 Å². The van der Waals surface area contributed by atoms with Gasteiger partial charge in [-0.1, -0.05) is 0 Å². The van der Waals surface area contributed by atoms with Gasteiger partial charge < -0.3 is 10.1 Å². The Kier molecular flexibility index (Phi) is 7.33. The smallest absolute Gasteiger partial charge is 0.333 e. The van der Waals surface area contributed by atoms with Crippen molar-refractivity contribution in [1.29, 1.82) is 0 Å². The molecule has 0 aliphatic heterocycles. The number of esters is 1. The van der Waals surface area contributed by atoms with Crippen LogP contribution >= 0.6 is 11.8 Å². The number of carbonyl (C=O) groups excluding carboxylic acids is 2. The molecule has 0 saturated heterocycles. The van der Waals surface area contributed by atoms with Crippen molar-refractivity contribution in [2.24, 2.45) is 0 Å². The normalized spacial score (nSPS) is 12.1. The molecule has 0 bridgehead atoms. The molecule has 1 N–H and O–H groups in total. The summed E-state index contributed by atoms with van der Waals surface area (Å²) in [6, 6.07) is 0. The summed E-state index contributed by atoms with van der Waals surface area (Å²) in [5.74, 6) is -5.63. The summed E-state index contributed by atoms with van der Waals surface area (Å²) in [4.78, 5) is 22.5. The molecule has 0 aliphatic rings. The largest absolute Gasteiger partial charge is 0.460 e. The van der Waals surface area contributed by atoms with E-state index in [9.17, 15) is 18.4 Å². The van der Waals surface area contributed by atoms with E-state index in [1.165, 1.54) is 6.26 Å². The first-order valence-corrected chi connectivity index (χ1v) is 7.35. The molecular weight excluding hydrogens is 276 g/mol. The minimum Gasteiger partial charge on any atom is -0.460 e. The lowest BCUT2D eigenvalue weighted by Gasteiger charge is -2.19. The van der Waals surface area contributed by atoms with Gasteiger partial charge in [-0.05, 0) is 33.4 Å². The number of carbonyl (C=O) groups is 2. The van der Waals surface area contributed by atoms with Crippen LogP contribution in [0.4, 0.5) is 8.78 Å². The third kappa shape index (κ3) is 8.80. The Morgan fingerprint density at radius 3 is 2.32 bits per heavy atom. The first kappa shape index (κ1) is 18.1. The fourth-order valence-electron chi connectivity index (χ4n) is 1.20. The Balaban J connectivity index is 3.87.